The molecule has 9 heteroatoms. The predicted octanol–water partition coefficient (Wildman–Crippen LogP) is 6.02. The second-order valence-electron chi connectivity index (χ2n) is 12.7. The smallest absolute Gasteiger partial charge is 0.319 e. The van der Waals surface area contributed by atoms with Gasteiger partial charge in [-0.2, -0.15) is 9.97 Å². The van der Waals surface area contributed by atoms with E-state index in [4.69, 9.17) is 16.1 Å². The molecule has 7 rings (SSSR count). The molecule has 4 aromatic rings. The minimum atomic E-state index is -0.651. The molecule has 3 heterocycles. The first-order chi connectivity index (χ1) is 21.3. The van der Waals surface area contributed by atoms with Gasteiger partial charge < -0.3 is 24.7 Å². The minimum absolute atomic E-state index is 0.00334. The first-order valence-electron chi connectivity index (χ1n) is 15.5. The molecule has 0 spiro atoms. The zero-order chi connectivity index (χ0) is 30.6. The number of ether oxygens (including phenoxy) is 1. The van der Waals surface area contributed by atoms with Gasteiger partial charge in [-0.25, -0.2) is 8.78 Å². The Morgan fingerprint density at radius 1 is 1.05 bits per heavy atom. The summed E-state index contributed by atoms with van der Waals surface area (Å²) in [7, 11) is 2.18. The highest BCUT2D eigenvalue weighted by Gasteiger charge is 2.47. The molecule has 2 saturated heterocycles. The van der Waals surface area contributed by atoms with Crippen molar-refractivity contribution >= 4 is 27.5 Å². The second kappa shape index (κ2) is 11.2. The number of aliphatic hydroxyl groups is 1. The number of fused-ring (bicyclic) bond motifs is 3. The maximum absolute atomic E-state index is 16.8. The van der Waals surface area contributed by atoms with Crippen LogP contribution in [0.3, 0.4) is 0 Å². The normalized spacial score (nSPS) is 24.0. The molecular formula is C35H36F2N4O3. The van der Waals surface area contributed by atoms with Crippen LogP contribution in [-0.2, 0) is 0 Å². The summed E-state index contributed by atoms with van der Waals surface area (Å²) < 4.78 is 38.0. The third-order valence-electron chi connectivity index (χ3n) is 10.0. The molecule has 7 nitrogen and oxygen atoms in total. The fourth-order valence-electron chi connectivity index (χ4n) is 7.95. The van der Waals surface area contributed by atoms with Crippen LogP contribution in [0.2, 0.25) is 0 Å². The average molecular weight is 599 g/mol. The summed E-state index contributed by atoms with van der Waals surface area (Å²) in [6, 6.07) is 9.48. The molecule has 3 aliphatic rings. The number of aliphatic hydroxyl groups excluding tert-OH is 1. The van der Waals surface area contributed by atoms with Crippen LogP contribution in [0.25, 0.3) is 32.8 Å². The largest absolute Gasteiger partial charge is 0.508 e. The molecule has 0 amide bonds. The lowest BCUT2D eigenvalue weighted by Crippen LogP contribution is -2.50. The fraction of sp³-hybridized carbons (Fsp3) is 0.429. The summed E-state index contributed by atoms with van der Waals surface area (Å²) in [6.45, 7) is 2.54. The standard InChI is InChI=1S/C35H36F2N4O3/c1-3-24-28(36)12-9-21-17-23(43)18-27(30(21)24)25-10-11-26-32(31(25)37)38-34(39-33(26)41-16-5-7-22(42)19-41)44-20-35-13-4-8-29(35)40(2)15-6-14-35/h1,9-12,17-18,22,29,42-43H,4-8,13-16,19-20H2,2H3/t22-,29-,35-/m1/s1. The van der Waals surface area contributed by atoms with E-state index in [0.29, 0.717) is 54.1 Å². The van der Waals surface area contributed by atoms with Crippen LogP contribution < -0.4 is 9.64 Å². The Morgan fingerprint density at radius 2 is 1.89 bits per heavy atom. The number of phenols is 1. The number of halogens is 2. The molecule has 228 valence electrons. The number of piperidine rings is 2. The van der Waals surface area contributed by atoms with Crippen molar-refractivity contribution in [3.8, 4) is 35.2 Å². The van der Waals surface area contributed by atoms with E-state index < -0.39 is 17.7 Å². The summed E-state index contributed by atoms with van der Waals surface area (Å²) in [5.74, 6) is 1.56. The monoisotopic (exact) mass is 598 g/mol. The Morgan fingerprint density at radius 3 is 2.70 bits per heavy atom. The Balaban J connectivity index is 1.37. The first kappa shape index (κ1) is 28.8. The number of aromatic hydroxyl groups is 1. The van der Waals surface area contributed by atoms with Gasteiger partial charge in [0.2, 0.25) is 0 Å². The molecule has 2 aliphatic heterocycles. The topological polar surface area (TPSA) is 82.0 Å². The lowest BCUT2D eigenvalue weighted by atomic mass is 9.76. The summed E-state index contributed by atoms with van der Waals surface area (Å²) in [6.07, 6.45) is 12.1. The molecule has 1 saturated carbocycles. The highest BCUT2D eigenvalue weighted by Crippen LogP contribution is 2.47. The summed E-state index contributed by atoms with van der Waals surface area (Å²) in [4.78, 5) is 13.8. The van der Waals surface area contributed by atoms with Crippen molar-refractivity contribution in [2.45, 2.75) is 57.1 Å². The summed E-state index contributed by atoms with van der Waals surface area (Å²) in [5, 5.41) is 22.3. The quantitative estimate of drug-likeness (QED) is 0.272. The van der Waals surface area contributed by atoms with Gasteiger partial charge in [-0.05, 0) is 87.3 Å². The number of phenolic OH excluding ortho intramolecular Hbond substituents is 1. The SMILES string of the molecule is C#Cc1c(F)ccc2cc(O)cc(-c3ccc4c(N5CCC[C@@H](O)C5)nc(OC[C@]56CCC[C@H]5N(C)CCC6)nc4c3F)c12. The molecule has 0 bridgehead atoms. The lowest BCUT2D eigenvalue weighted by Gasteiger charge is -2.44. The van der Waals surface area contributed by atoms with Gasteiger partial charge in [0.25, 0.3) is 0 Å². The van der Waals surface area contributed by atoms with Crippen molar-refractivity contribution in [1.82, 2.24) is 14.9 Å². The molecule has 0 radical (unpaired) electrons. The maximum Gasteiger partial charge on any atom is 0.319 e. The number of β-amino-alcohol motifs (C(OH)–C–C–N with tert-alkyl or cyclic N) is 1. The van der Waals surface area contributed by atoms with E-state index in [1.54, 1.807) is 12.1 Å². The van der Waals surface area contributed by atoms with Gasteiger partial charge in [-0.3, -0.25) is 0 Å². The zero-order valence-electron chi connectivity index (χ0n) is 24.8. The van der Waals surface area contributed by atoms with Crippen molar-refractivity contribution in [3.63, 3.8) is 0 Å². The maximum atomic E-state index is 16.8. The number of hydrogen-bond donors (Lipinski definition) is 2. The van der Waals surface area contributed by atoms with Gasteiger partial charge >= 0.3 is 6.01 Å². The van der Waals surface area contributed by atoms with Crippen molar-refractivity contribution in [3.05, 3.63) is 53.6 Å². The Bertz CT molecular complexity index is 1810. The van der Waals surface area contributed by atoms with Crippen molar-refractivity contribution < 1.29 is 23.7 Å². The number of hydrogen-bond acceptors (Lipinski definition) is 7. The minimum Gasteiger partial charge on any atom is -0.508 e. The molecule has 1 aromatic heterocycles. The third kappa shape index (κ3) is 4.81. The molecule has 3 aromatic carbocycles. The first-order valence-corrected chi connectivity index (χ1v) is 15.5. The summed E-state index contributed by atoms with van der Waals surface area (Å²) >= 11 is 0. The Kier molecular flexibility index (Phi) is 7.30. The van der Waals surface area contributed by atoms with Gasteiger partial charge in [-0.1, -0.05) is 24.5 Å². The molecule has 0 unspecified atom stereocenters. The van der Waals surface area contributed by atoms with Crippen LogP contribution in [0.15, 0.2) is 36.4 Å². The second-order valence-corrected chi connectivity index (χ2v) is 12.7. The van der Waals surface area contributed by atoms with E-state index in [-0.39, 0.29) is 39.4 Å². The van der Waals surface area contributed by atoms with E-state index >= 15 is 4.39 Å². The number of likely N-dealkylation sites (tertiary alicyclic amines) is 1. The van der Waals surface area contributed by atoms with Crippen molar-refractivity contribution in [2.24, 2.45) is 5.41 Å². The molecule has 3 atom stereocenters. The number of nitrogens with zero attached hydrogens (tertiary/aromatic N) is 4. The average Bonchev–Trinajstić information content (AvgIpc) is 3.46. The van der Waals surface area contributed by atoms with Crippen LogP contribution in [-0.4, -0.2) is 70.5 Å². The Hall–Kier alpha value is -4.00. The van der Waals surface area contributed by atoms with Crippen LogP contribution in [0.4, 0.5) is 14.6 Å². The summed E-state index contributed by atoms with van der Waals surface area (Å²) in [5.41, 5.74) is 0.441. The van der Waals surface area contributed by atoms with Crippen LogP contribution in [0.1, 0.15) is 50.5 Å². The van der Waals surface area contributed by atoms with Gasteiger partial charge in [0.05, 0.1) is 18.3 Å². The Labute approximate surface area is 255 Å². The fourth-order valence-corrected chi connectivity index (χ4v) is 7.95. The van der Waals surface area contributed by atoms with Gasteiger partial charge in [-0.15, -0.1) is 6.42 Å². The zero-order valence-corrected chi connectivity index (χ0v) is 24.8. The van der Waals surface area contributed by atoms with Crippen molar-refractivity contribution in [2.75, 3.05) is 38.2 Å². The van der Waals surface area contributed by atoms with Crippen LogP contribution in [0.5, 0.6) is 11.8 Å². The highest BCUT2D eigenvalue weighted by atomic mass is 19.1. The molecule has 1 aliphatic carbocycles. The van der Waals surface area contributed by atoms with Gasteiger partial charge in [0.15, 0.2) is 5.82 Å². The number of benzene rings is 3. The predicted molar refractivity (Wildman–Crippen MR) is 167 cm³/mol. The van der Waals surface area contributed by atoms with E-state index in [1.165, 1.54) is 24.3 Å². The van der Waals surface area contributed by atoms with E-state index in [2.05, 4.69) is 22.9 Å². The van der Waals surface area contributed by atoms with Gasteiger partial charge in [0, 0.05) is 40.9 Å². The highest BCUT2D eigenvalue weighted by molar-refractivity contribution is 6.04. The molecule has 44 heavy (non-hydrogen) atoms. The lowest BCUT2D eigenvalue weighted by molar-refractivity contribution is 0.0133. The molecule has 2 N–H and O–H groups in total. The van der Waals surface area contributed by atoms with Crippen LogP contribution in [0, 0.1) is 29.4 Å². The third-order valence-corrected chi connectivity index (χ3v) is 10.0. The van der Waals surface area contributed by atoms with Crippen molar-refractivity contribution in [1.29, 1.82) is 0 Å². The van der Waals surface area contributed by atoms with E-state index in [9.17, 15) is 14.6 Å². The van der Waals surface area contributed by atoms with E-state index in [1.807, 2.05) is 4.90 Å². The molecular weight excluding hydrogens is 562 g/mol. The van der Waals surface area contributed by atoms with Crippen LogP contribution >= 0.6 is 0 Å². The number of rotatable bonds is 5. The number of terminal acetylenes is 1. The number of anilines is 1. The number of aromatic nitrogens is 2. The van der Waals surface area contributed by atoms with Gasteiger partial charge in [0.1, 0.15) is 22.9 Å². The molecule has 3 fully saturated rings. The van der Waals surface area contributed by atoms with E-state index in [0.717, 1.165) is 45.1 Å².